The Bertz CT molecular complexity index is 1070. The van der Waals surface area contributed by atoms with E-state index in [0.717, 1.165) is 54.5 Å². The molecule has 5 nitrogen and oxygen atoms in total. The van der Waals surface area contributed by atoms with E-state index in [2.05, 4.69) is 50.2 Å². The second kappa shape index (κ2) is 8.85. The van der Waals surface area contributed by atoms with Crippen LogP contribution in [0.3, 0.4) is 0 Å². The van der Waals surface area contributed by atoms with Crippen LogP contribution in [0, 0.1) is 0 Å². The number of fused-ring (bicyclic) bond motifs is 2. The fraction of sp³-hybridized carbons (Fsp3) is 0.500. The third kappa shape index (κ3) is 3.81. The van der Waals surface area contributed by atoms with E-state index in [0.29, 0.717) is 12.3 Å². The Morgan fingerprint density at radius 3 is 2.45 bits per heavy atom. The molecule has 0 bridgehead atoms. The van der Waals surface area contributed by atoms with E-state index in [1.54, 1.807) is 7.05 Å². The average molecular weight is 448 g/mol. The molecule has 1 aliphatic carbocycles. The van der Waals surface area contributed by atoms with Gasteiger partial charge in [0.25, 0.3) is 5.91 Å². The number of aliphatic imine (C=N–C) groups is 1. The summed E-state index contributed by atoms with van der Waals surface area (Å²) in [5.74, 6) is 1.51. The number of rotatable bonds is 3. The zero-order valence-electron chi connectivity index (χ0n) is 20.6. The number of hydrogen-bond donors (Lipinski definition) is 1. The highest BCUT2D eigenvalue weighted by molar-refractivity contribution is 6.07. The molecule has 1 saturated carbocycles. The molecule has 0 aromatic heterocycles. The zero-order valence-corrected chi connectivity index (χ0v) is 20.6. The van der Waals surface area contributed by atoms with E-state index in [-0.39, 0.29) is 17.5 Å². The fourth-order valence-corrected chi connectivity index (χ4v) is 5.50. The smallest absolute Gasteiger partial charge is 0.261 e. The predicted molar refractivity (Wildman–Crippen MR) is 134 cm³/mol. The summed E-state index contributed by atoms with van der Waals surface area (Å²) >= 11 is 0. The third-order valence-electron chi connectivity index (χ3n) is 7.55. The van der Waals surface area contributed by atoms with Crippen molar-refractivity contribution >= 4 is 11.9 Å². The molecule has 2 atom stereocenters. The SMILES string of the molecule is CC.CCC(C)c1cccc(-c2ccc3c(c2)C2(CC4(CCCC4)O3)N=C(N)N(C)C2=O)c1. The number of amides is 1. The molecule has 2 heterocycles. The van der Waals surface area contributed by atoms with Crippen LogP contribution in [0.25, 0.3) is 11.1 Å². The second-order valence-electron chi connectivity index (χ2n) is 9.51. The minimum absolute atomic E-state index is 0.0497. The van der Waals surface area contributed by atoms with Gasteiger partial charge in [0, 0.05) is 19.0 Å². The van der Waals surface area contributed by atoms with Crippen molar-refractivity contribution in [1.82, 2.24) is 4.90 Å². The van der Waals surface area contributed by atoms with Crippen molar-refractivity contribution < 1.29 is 9.53 Å². The summed E-state index contributed by atoms with van der Waals surface area (Å²) in [5.41, 5.74) is 9.23. The predicted octanol–water partition coefficient (Wildman–Crippen LogP) is 5.97. The van der Waals surface area contributed by atoms with E-state index < -0.39 is 5.54 Å². The van der Waals surface area contributed by atoms with Gasteiger partial charge in [-0.1, -0.05) is 58.0 Å². The Hall–Kier alpha value is -2.82. The summed E-state index contributed by atoms with van der Waals surface area (Å²) in [6, 6.07) is 14.9. The summed E-state index contributed by atoms with van der Waals surface area (Å²) in [4.78, 5) is 19.8. The number of carbonyl (C=O) groups excluding carboxylic acids is 1. The van der Waals surface area contributed by atoms with E-state index in [9.17, 15) is 4.79 Å². The topological polar surface area (TPSA) is 67.9 Å². The molecule has 5 rings (SSSR count). The highest BCUT2D eigenvalue weighted by Crippen LogP contribution is 2.54. The summed E-state index contributed by atoms with van der Waals surface area (Å²) in [6.07, 6.45) is 5.82. The van der Waals surface area contributed by atoms with Crippen molar-refractivity contribution in [3.63, 3.8) is 0 Å². The van der Waals surface area contributed by atoms with Gasteiger partial charge in [0.15, 0.2) is 11.5 Å². The minimum Gasteiger partial charge on any atom is -0.487 e. The van der Waals surface area contributed by atoms with Gasteiger partial charge in [0.2, 0.25) is 0 Å². The van der Waals surface area contributed by atoms with E-state index in [4.69, 9.17) is 15.5 Å². The van der Waals surface area contributed by atoms with E-state index >= 15 is 0 Å². The van der Waals surface area contributed by atoms with Gasteiger partial charge in [-0.2, -0.15) is 0 Å². The number of nitrogens with two attached hydrogens (primary N) is 1. The van der Waals surface area contributed by atoms with Gasteiger partial charge in [0.1, 0.15) is 11.4 Å². The molecule has 2 spiro atoms. The Balaban J connectivity index is 0.00000126. The molecule has 3 aliphatic rings. The van der Waals surface area contributed by atoms with Crippen LogP contribution < -0.4 is 10.5 Å². The lowest BCUT2D eigenvalue weighted by Gasteiger charge is -2.43. The number of ether oxygens (including phenoxy) is 1. The van der Waals surface area contributed by atoms with E-state index in [1.165, 1.54) is 10.5 Å². The van der Waals surface area contributed by atoms with Gasteiger partial charge in [-0.25, -0.2) is 4.99 Å². The van der Waals surface area contributed by atoms with Crippen molar-refractivity contribution in [2.75, 3.05) is 7.05 Å². The Morgan fingerprint density at radius 2 is 1.82 bits per heavy atom. The standard InChI is InChI=1S/C26H31N3O2.C2H6/c1-4-17(2)18-8-7-9-19(14-18)20-10-11-22-21(15-20)26(23(30)29(3)24(27)28-26)16-25(31-22)12-5-6-13-25;1-2/h7-11,14-15,17H,4-6,12-13,16H2,1-3H3,(H2,27,28);1-2H3. The first-order valence-electron chi connectivity index (χ1n) is 12.4. The summed E-state index contributed by atoms with van der Waals surface area (Å²) in [7, 11) is 1.71. The Morgan fingerprint density at radius 1 is 1.12 bits per heavy atom. The molecule has 0 radical (unpaired) electrons. The van der Waals surface area contributed by atoms with Crippen LogP contribution >= 0.6 is 0 Å². The van der Waals surface area contributed by atoms with Crippen LogP contribution in [-0.4, -0.2) is 29.4 Å². The molecular formula is C28H37N3O2. The lowest BCUT2D eigenvalue weighted by molar-refractivity contribution is -0.134. The van der Waals surface area contributed by atoms with Gasteiger partial charge in [0.05, 0.1) is 0 Å². The van der Waals surface area contributed by atoms with Crippen molar-refractivity contribution in [1.29, 1.82) is 0 Å². The van der Waals surface area contributed by atoms with Gasteiger partial charge in [-0.15, -0.1) is 0 Å². The van der Waals surface area contributed by atoms with Crippen LogP contribution in [0.15, 0.2) is 47.5 Å². The largest absolute Gasteiger partial charge is 0.487 e. The number of benzene rings is 2. The van der Waals surface area contributed by atoms with Crippen molar-refractivity contribution in [2.45, 2.75) is 83.3 Å². The quantitative estimate of drug-likeness (QED) is 0.630. The van der Waals surface area contributed by atoms with Crippen LogP contribution in [0.5, 0.6) is 5.75 Å². The molecule has 1 fully saturated rings. The van der Waals surface area contributed by atoms with Gasteiger partial charge in [-0.05, 0) is 66.8 Å². The maximum Gasteiger partial charge on any atom is 0.261 e. The lowest BCUT2D eigenvalue weighted by Crippen LogP contribution is -2.50. The normalized spacial score (nSPS) is 23.6. The molecule has 1 amide bonds. The first kappa shape index (κ1) is 23.3. The molecule has 176 valence electrons. The van der Waals surface area contributed by atoms with Crippen LogP contribution in [0.1, 0.15) is 83.3 Å². The van der Waals surface area contributed by atoms with Crippen molar-refractivity contribution in [3.8, 4) is 16.9 Å². The minimum atomic E-state index is -0.985. The Labute approximate surface area is 198 Å². The third-order valence-corrected chi connectivity index (χ3v) is 7.55. The first-order chi connectivity index (χ1) is 15.9. The molecule has 5 heteroatoms. The highest BCUT2D eigenvalue weighted by Gasteiger charge is 2.58. The molecule has 0 saturated heterocycles. The highest BCUT2D eigenvalue weighted by atomic mass is 16.5. The average Bonchev–Trinajstić information content (AvgIpc) is 3.38. The molecule has 2 unspecified atom stereocenters. The lowest BCUT2D eigenvalue weighted by atomic mass is 9.75. The summed E-state index contributed by atoms with van der Waals surface area (Å²) in [6.45, 7) is 8.46. The molecule has 2 aromatic rings. The number of hydrogen-bond acceptors (Lipinski definition) is 4. The monoisotopic (exact) mass is 447 g/mol. The number of guanidine groups is 1. The number of likely N-dealkylation sites (N-methyl/N-ethyl adjacent to an activating group) is 1. The molecule has 2 N–H and O–H groups in total. The second-order valence-corrected chi connectivity index (χ2v) is 9.51. The zero-order chi connectivity index (χ0) is 23.8. The molecule has 2 aliphatic heterocycles. The summed E-state index contributed by atoms with van der Waals surface area (Å²) < 4.78 is 6.58. The first-order valence-corrected chi connectivity index (χ1v) is 12.4. The number of nitrogens with zero attached hydrogens (tertiary/aromatic N) is 2. The fourth-order valence-electron chi connectivity index (χ4n) is 5.50. The van der Waals surface area contributed by atoms with Crippen molar-refractivity contribution in [3.05, 3.63) is 53.6 Å². The molecule has 33 heavy (non-hydrogen) atoms. The Kier molecular flexibility index (Phi) is 6.26. The van der Waals surface area contributed by atoms with Crippen LogP contribution in [0.4, 0.5) is 0 Å². The van der Waals surface area contributed by atoms with Gasteiger partial charge in [-0.3, -0.25) is 9.69 Å². The van der Waals surface area contributed by atoms with Crippen LogP contribution in [0.2, 0.25) is 0 Å². The van der Waals surface area contributed by atoms with E-state index in [1.807, 2.05) is 19.9 Å². The maximum absolute atomic E-state index is 13.5. The molecular weight excluding hydrogens is 410 g/mol. The van der Waals surface area contributed by atoms with Gasteiger partial charge >= 0.3 is 0 Å². The van der Waals surface area contributed by atoms with Crippen LogP contribution in [-0.2, 0) is 10.3 Å². The summed E-state index contributed by atoms with van der Waals surface area (Å²) in [5, 5.41) is 0. The number of carbonyl (C=O) groups is 1. The molecule has 2 aromatic carbocycles. The maximum atomic E-state index is 13.5. The van der Waals surface area contributed by atoms with Gasteiger partial charge < -0.3 is 10.5 Å². The van der Waals surface area contributed by atoms with Crippen molar-refractivity contribution in [2.24, 2.45) is 10.7 Å².